The third kappa shape index (κ3) is 4.37. The van der Waals surface area contributed by atoms with Gasteiger partial charge in [0.15, 0.2) is 0 Å². The average Bonchev–Trinajstić information content (AvgIpc) is 2.89. The Hall–Kier alpha value is -0.770. The van der Waals surface area contributed by atoms with E-state index in [1.807, 2.05) is 25.1 Å². The minimum atomic E-state index is -0.00827. The molecule has 1 aliphatic heterocycles. The van der Waals surface area contributed by atoms with Crippen LogP contribution in [0, 0.1) is 0 Å². The van der Waals surface area contributed by atoms with Gasteiger partial charge in [0.25, 0.3) is 0 Å². The molecular weight excluding hydrogens is 262 g/mol. The normalized spacial score (nSPS) is 20.5. The Balaban J connectivity index is 1.76. The van der Waals surface area contributed by atoms with E-state index >= 15 is 0 Å². The van der Waals surface area contributed by atoms with Gasteiger partial charge in [-0.25, -0.2) is 0 Å². The van der Waals surface area contributed by atoms with E-state index < -0.39 is 0 Å². The van der Waals surface area contributed by atoms with E-state index in [9.17, 15) is 0 Å². The second kappa shape index (κ2) is 7.13. The first-order valence-electron chi connectivity index (χ1n) is 6.96. The second-order valence-corrected chi connectivity index (χ2v) is 5.51. The van der Waals surface area contributed by atoms with Gasteiger partial charge in [0.2, 0.25) is 0 Å². The molecule has 1 aliphatic rings. The molecule has 0 amide bonds. The van der Waals surface area contributed by atoms with E-state index in [4.69, 9.17) is 26.8 Å². The van der Waals surface area contributed by atoms with Crippen LogP contribution in [0.2, 0.25) is 5.02 Å². The van der Waals surface area contributed by atoms with Crippen molar-refractivity contribution in [3.63, 3.8) is 0 Å². The van der Waals surface area contributed by atoms with Crippen LogP contribution in [0.25, 0.3) is 0 Å². The molecule has 2 rings (SSSR count). The first-order chi connectivity index (χ1) is 9.16. The van der Waals surface area contributed by atoms with Gasteiger partial charge in [-0.15, -0.1) is 0 Å². The number of ether oxygens (including phenoxy) is 2. The molecule has 0 saturated carbocycles. The van der Waals surface area contributed by atoms with E-state index in [1.165, 1.54) is 12.8 Å². The quantitative estimate of drug-likeness (QED) is 0.810. The van der Waals surface area contributed by atoms with Crippen molar-refractivity contribution in [3.05, 3.63) is 28.8 Å². The number of halogens is 1. The fourth-order valence-electron chi connectivity index (χ4n) is 2.28. The summed E-state index contributed by atoms with van der Waals surface area (Å²) in [6.07, 6.45) is 4.87. The highest BCUT2D eigenvalue weighted by Gasteiger charge is 2.14. The molecule has 2 unspecified atom stereocenters. The van der Waals surface area contributed by atoms with Gasteiger partial charge in [-0.1, -0.05) is 17.7 Å². The Labute approximate surface area is 120 Å². The van der Waals surface area contributed by atoms with Gasteiger partial charge in [-0.05, 0) is 50.3 Å². The molecule has 2 atom stereocenters. The van der Waals surface area contributed by atoms with Crippen molar-refractivity contribution in [2.45, 2.75) is 44.8 Å². The Morgan fingerprint density at radius 3 is 3.00 bits per heavy atom. The Kier molecular flexibility index (Phi) is 5.49. The molecule has 1 saturated heterocycles. The third-order valence-electron chi connectivity index (χ3n) is 3.43. The summed E-state index contributed by atoms with van der Waals surface area (Å²) in [7, 11) is 0. The SMILES string of the molecule is CC(N)c1ccc(OCCCC2CCCO2)c(Cl)c1. The van der Waals surface area contributed by atoms with Gasteiger partial charge < -0.3 is 15.2 Å². The van der Waals surface area contributed by atoms with Crippen LogP contribution in [-0.4, -0.2) is 19.3 Å². The van der Waals surface area contributed by atoms with Gasteiger partial charge in [-0.3, -0.25) is 0 Å². The summed E-state index contributed by atoms with van der Waals surface area (Å²) in [5.74, 6) is 0.735. The van der Waals surface area contributed by atoms with E-state index in [0.717, 1.165) is 30.8 Å². The molecule has 19 heavy (non-hydrogen) atoms. The second-order valence-electron chi connectivity index (χ2n) is 5.10. The maximum Gasteiger partial charge on any atom is 0.137 e. The largest absolute Gasteiger partial charge is 0.492 e. The van der Waals surface area contributed by atoms with Crippen LogP contribution in [-0.2, 0) is 4.74 Å². The van der Waals surface area contributed by atoms with Gasteiger partial charge in [-0.2, -0.15) is 0 Å². The Bertz CT molecular complexity index is 403. The summed E-state index contributed by atoms with van der Waals surface area (Å²) in [4.78, 5) is 0. The summed E-state index contributed by atoms with van der Waals surface area (Å²) < 4.78 is 11.3. The molecule has 106 valence electrons. The zero-order valence-electron chi connectivity index (χ0n) is 11.4. The van der Waals surface area contributed by atoms with Gasteiger partial charge in [0, 0.05) is 12.6 Å². The zero-order valence-corrected chi connectivity index (χ0v) is 12.2. The topological polar surface area (TPSA) is 44.5 Å². The highest BCUT2D eigenvalue weighted by Crippen LogP contribution is 2.27. The first kappa shape index (κ1) is 14.6. The van der Waals surface area contributed by atoms with Crippen molar-refractivity contribution >= 4 is 11.6 Å². The number of hydrogen-bond acceptors (Lipinski definition) is 3. The van der Waals surface area contributed by atoms with Crippen LogP contribution in [0.4, 0.5) is 0 Å². The standard InChI is InChI=1S/C15H22ClNO2/c1-11(17)12-6-7-15(14(16)10-12)19-9-3-5-13-4-2-8-18-13/h6-7,10-11,13H,2-5,8-9,17H2,1H3. The van der Waals surface area contributed by atoms with Gasteiger partial charge >= 0.3 is 0 Å². The summed E-state index contributed by atoms with van der Waals surface area (Å²) in [6, 6.07) is 5.73. The molecule has 0 aliphatic carbocycles. The minimum absolute atomic E-state index is 0.00827. The highest BCUT2D eigenvalue weighted by molar-refractivity contribution is 6.32. The van der Waals surface area contributed by atoms with Crippen molar-refractivity contribution in [1.29, 1.82) is 0 Å². The van der Waals surface area contributed by atoms with Crippen LogP contribution in [0.3, 0.4) is 0 Å². The van der Waals surface area contributed by atoms with E-state index in [-0.39, 0.29) is 6.04 Å². The molecule has 1 heterocycles. The molecule has 2 N–H and O–H groups in total. The van der Waals surface area contributed by atoms with Gasteiger partial charge in [0.1, 0.15) is 5.75 Å². The predicted octanol–water partition coefficient (Wildman–Crippen LogP) is 3.70. The third-order valence-corrected chi connectivity index (χ3v) is 3.73. The van der Waals surface area contributed by atoms with Crippen molar-refractivity contribution in [2.75, 3.05) is 13.2 Å². The van der Waals surface area contributed by atoms with Crippen LogP contribution < -0.4 is 10.5 Å². The van der Waals surface area contributed by atoms with E-state index in [1.54, 1.807) is 0 Å². The van der Waals surface area contributed by atoms with E-state index in [2.05, 4.69) is 0 Å². The summed E-state index contributed by atoms with van der Waals surface area (Å²) >= 11 is 6.17. The first-order valence-corrected chi connectivity index (χ1v) is 7.34. The molecule has 0 radical (unpaired) electrons. The van der Waals surface area contributed by atoms with E-state index in [0.29, 0.717) is 17.7 Å². The van der Waals surface area contributed by atoms with Crippen LogP contribution in [0.1, 0.15) is 44.2 Å². The fourth-order valence-corrected chi connectivity index (χ4v) is 2.53. The summed E-state index contributed by atoms with van der Waals surface area (Å²) in [6.45, 7) is 3.53. The van der Waals surface area contributed by atoms with Crippen LogP contribution in [0.5, 0.6) is 5.75 Å². The zero-order chi connectivity index (χ0) is 13.7. The predicted molar refractivity (Wildman–Crippen MR) is 77.8 cm³/mol. The van der Waals surface area contributed by atoms with Crippen LogP contribution >= 0.6 is 11.6 Å². The smallest absolute Gasteiger partial charge is 0.137 e. The Morgan fingerprint density at radius 1 is 1.53 bits per heavy atom. The molecule has 0 spiro atoms. The lowest BCUT2D eigenvalue weighted by Gasteiger charge is -2.12. The van der Waals surface area contributed by atoms with Crippen molar-refractivity contribution in [3.8, 4) is 5.75 Å². The maximum absolute atomic E-state index is 6.17. The molecule has 1 aromatic carbocycles. The lowest BCUT2D eigenvalue weighted by atomic mass is 10.1. The lowest BCUT2D eigenvalue weighted by molar-refractivity contribution is 0.0981. The molecular formula is C15H22ClNO2. The molecule has 0 bridgehead atoms. The molecule has 0 aromatic heterocycles. The maximum atomic E-state index is 6.17. The average molecular weight is 284 g/mol. The summed E-state index contributed by atoms with van der Waals surface area (Å²) in [5, 5.41) is 0.631. The number of rotatable bonds is 6. The highest BCUT2D eigenvalue weighted by atomic mass is 35.5. The molecule has 3 nitrogen and oxygen atoms in total. The molecule has 4 heteroatoms. The van der Waals surface area contributed by atoms with Crippen molar-refractivity contribution in [1.82, 2.24) is 0 Å². The lowest BCUT2D eigenvalue weighted by Crippen LogP contribution is -2.08. The van der Waals surface area contributed by atoms with Gasteiger partial charge in [0.05, 0.1) is 17.7 Å². The van der Waals surface area contributed by atoms with Crippen molar-refractivity contribution in [2.24, 2.45) is 5.73 Å². The monoisotopic (exact) mass is 283 g/mol. The fraction of sp³-hybridized carbons (Fsp3) is 0.600. The molecule has 1 aromatic rings. The molecule has 1 fully saturated rings. The van der Waals surface area contributed by atoms with Crippen molar-refractivity contribution < 1.29 is 9.47 Å². The number of hydrogen-bond donors (Lipinski definition) is 1. The Morgan fingerprint density at radius 2 is 2.37 bits per heavy atom. The number of nitrogens with two attached hydrogens (primary N) is 1. The van der Waals surface area contributed by atoms with Crippen LogP contribution in [0.15, 0.2) is 18.2 Å². The summed E-state index contributed by atoms with van der Waals surface area (Å²) in [5.41, 5.74) is 6.84. The number of benzene rings is 1. The minimum Gasteiger partial charge on any atom is -0.492 e.